The average Bonchev–Trinajstić information content (AvgIpc) is 3.02. The number of fused-ring (bicyclic) bond motifs is 1. The Morgan fingerprint density at radius 2 is 1.54 bits per heavy atom. The molecule has 0 fully saturated rings. The summed E-state index contributed by atoms with van der Waals surface area (Å²) in [6.07, 6.45) is 2.56. The first-order chi connectivity index (χ1) is 18.8. The second-order valence-corrected chi connectivity index (χ2v) is 11.6. The van der Waals surface area contributed by atoms with Gasteiger partial charge in [0.2, 0.25) is 10.0 Å². The van der Waals surface area contributed by atoms with Gasteiger partial charge < -0.3 is 9.64 Å². The highest BCUT2D eigenvalue weighted by Crippen LogP contribution is 2.45. The molecule has 4 aromatic carbocycles. The highest BCUT2D eigenvalue weighted by molar-refractivity contribution is 7.89. The summed E-state index contributed by atoms with van der Waals surface area (Å²) in [6, 6.07) is 24.1. The Kier molecular flexibility index (Phi) is 7.68. The largest absolute Gasteiger partial charge is 0.457 e. The topological polar surface area (TPSA) is 49.9 Å². The van der Waals surface area contributed by atoms with Gasteiger partial charge in [-0.15, -0.1) is 0 Å². The molecule has 0 N–H and O–H groups in total. The normalized spacial score (nSPS) is 16.9. The lowest BCUT2D eigenvalue weighted by molar-refractivity contribution is 0.351. The number of ether oxygens (including phenoxy) is 1. The lowest BCUT2D eigenvalue weighted by Crippen LogP contribution is -2.40. The molecule has 0 saturated heterocycles. The zero-order chi connectivity index (χ0) is 27.6. The van der Waals surface area contributed by atoms with Crippen molar-refractivity contribution in [2.24, 2.45) is 0 Å². The third-order valence-corrected chi connectivity index (χ3v) is 9.01. The molecule has 202 valence electrons. The van der Waals surface area contributed by atoms with Crippen LogP contribution in [0.4, 0.5) is 20.2 Å². The minimum atomic E-state index is -3.90. The lowest BCUT2D eigenvalue weighted by Gasteiger charge is -2.29. The number of likely N-dealkylation sites (N-methyl/N-ethyl adjacent to an activating group) is 1. The van der Waals surface area contributed by atoms with E-state index >= 15 is 0 Å². The summed E-state index contributed by atoms with van der Waals surface area (Å²) in [6.45, 7) is 2.54. The van der Waals surface area contributed by atoms with Gasteiger partial charge in [-0.2, -0.15) is 4.31 Å². The molecule has 5 nitrogen and oxygen atoms in total. The number of anilines is 2. The van der Waals surface area contributed by atoms with Crippen LogP contribution >= 0.6 is 0 Å². The minimum Gasteiger partial charge on any atom is -0.457 e. The molecule has 4 aromatic rings. The van der Waals surface area contributed by atoms with Gasteiger partial charge in [-0.1, -0.05) is 50.1 Å². The zero-order valence-electron chi connectivity index (χ0n) is 21.8. The van der Waals surface area contributed by atoms with E-state index in [-0.39, 0.29) is 10.9 Å². The van der Waals surface area contributed by atoms with Crippen LogP contribution in [0.2, 0.25) is 0 Å². The summed E-state index contributed by atoms with van der Waals surface area (Å²) < 4.78 is 63.2. The molecule has 5 rings (SSSR count). The number of benzene rings is 4. The molecule has 0 bridgehead atoms. The number of hydrogen-bond donors (Lipinski definition) is 0. The van der Waals surface area contributed by atoms with Crippen molar-refractivity contribution in [2.75, 3.05) is 18.5 Å². The first-order valence-electron chi connectivity index (χ1n) is 13.0. The van der Waals surface area contributed by atoms with Crippen molar-refractivity contribution in [3.63, 3.8) is 0 Å². The number of halogens is 2. The summed E-state index contributed by atoms with van der Waals surface area (Å²) >= 11 is 0. The Labute approximate surface area is 228 Å². The summed E-state index contributed by atoms with van der Waals surface area (Å²) in [5.41, 5.74) is 2.41. The van der Waals surface area contributed by atoms with Crippen LogP contribution < -0.4 is 9.64 Å². The Morgan fingerprint density at radius 1 is 0.897 bits per heavy atom. The Morgan fingerprint density at radius 3 is 2.18 bits per heavy atom. The van der Waals surface area contributed by atoms with E-state index in [1.165, 1.54) is 40.7 Å². The second-order valence-electron chi connectivity index (χ2n) is 9.64. The quantitative estimate of drug-likeness (QED) is 0.237. The maximum atomic E-state index is 14.1. The summed E-state index contributed by atoms with van der Waals surface area (Å²) in [7, 11) is -2.27. The third-order valence-electron chi connectivity index (χ3n) is 7.07. The van der Waals surface area contributed by atoms with Crippen LogP contribution in [0.3, 0.4) is 0 Å². The smallest absolute Gasteiger partial charge is 0.245 e. The van der Waals surface area contributed by atoms with Crippen LogP contribution in [0.5, 0.6) is 11.5 Å². The van der Waals surface area contributed by atoms with Gasteiger partial charge in [0.15, 0.2) is 0 Å². The monoisotopic (exact) mass is 548 g/mol. The molecule has 0 aromatic heterocycles. The van der Waals surface area contributed by atoms with Crippen LogP contribution in [0.1, 0.15) is 26.2 Å². The average molecular weight is 549 g/mol. The van der Waals surface area contributed by atoms with Gasteiger partial charge in [0.1, 0.15) is 28.0 Å². The van der Waals surface area contributed by atoms with Gasteiger partial charge in [0.05, 0.1) is 5.69 Å². The zero-order valence-corrected chi connectivity index (χ0v) is 22.7. The van der Waals surface area contributed by atoms with E-state index in [0.717, 1.165) is 18.5 Å². The highest BCUT2D eigenvalue weighted by atomic mass is 32.2. The standard InChI is InChI=1S/C31H30F2N2O3S/c1-3-4-8-26-21-35(25-9-6-5-7-10-25)29-20-30(38-27-17-15-24(33)16-18-27)28(22-11-13-23(32)14-12-22)19-31(29)39(36,37)34(26)2/h5-7,9-20,26H,3-4,8,21H2,1-2H3/t26-/m1/s1. The summed E-state index contributed by atoms with van der Waals surface area (Å²) in [5, 5.41) is 0. The molecule has 8 heteroatoms. The molecule has 0 saturated carbocycles. The Bertz CT molecular complexity index is 1540. The van der Waals surface area contributed by atoms with Crippen molar-refractivity contribution >= 4 is 21.4 Å². The molecular formula is C31H30F2N2O3S. The van der Waals surface area contributed by atoms with Crippen molar-refractivity contribution in [2.45, 2.75) is 37.1 Å². The first-order valence-corrected chi connectivity index (χ1v) is 14.4. The van der Waals surface area contributed by atoms with Gasteiger partial charge in [-0.05, 0) is 66.6 Å². The van der Waals surface area contributed by atoms with Gasteiger partial charge in [0.25, 0.3) is 0 Å². The fraction of sp³-hybridized carbons (Fsp3) is 0.226. The lowest BCUT2D eigenvalue weighted by atomic mass is 10.0. The molecule has 39 heavy (non-hydrogen) atoms. The maximum Gasteiger partial charge on any atom is 0.245 e. The van der Waals surface area contributed by atoms with Crippen molar-refractivity contribution in [1.29, 1.82) is 0 Å². The van der Waals surface area contributed by atoms with Gasteiger partial charge >= 0.3 is 0 Å². The summed E-state index contributed by atoms with van der Waals surface area (Å²) in [5.74, 6) is -0.0421. The molecule has 0 aliphatic carbocycles. The van der Waals surface area contributed by atoms with Crippen LogP contribution in [-0.2, 0) is 10.0 Å². The summed E-state index contributed by atoms with van der Waals surface area (Å²) in [4.78, 5) is 2.15. The first kappa shape index (κ1) is 26.8. The second kappa shape index (κ2) is 11.2. The Hall–Kier alpha value is -3.75. The molecule has 1 aliphatic rings. The van der Waals surface area contributed by atoms with E-state index in [1.54, 1.807) is 31.3 Å². The van der Waals surface area contributed by atoms with Gasteiger partial charge in [-0.3, -0.25) is 0 Å². The molecule has 0 spiro atoms. The van der Waals surface area contributed by atoms with Crippen LogP contribution in [-0.4, -0.2) is 32.4 Å². The molecule has 0 radical (unpaired) electrons. The number of para-hydroxylation sites is 1. The minimum absolute atomic E-state index is 0.138. The van der Waals surface area contributed by atoms with Crippen molar-refractivity contribution < 1.29 is 21.9 Å². The van der Waals surface area contributed by atoms with E-state index < -0.39 is 21.7 Å². The SMILES string of the molecule is CCCC[C@@H]1CN(c2ccccc2)c2cc(Oc3ccc(F)cc3)c(-c3ccc(F)cc3)cc2S(=O)(=O)N1C. The predicted molar refractivity (Wildman–Crippen MR) is 150 cm³/mol. The number of rotatable bonds is 7. The molecule has 1 aliphatic heterocycles. The van der Waals surface area contributed by atoms with Crippen molar-refractivity contribution in [3.05, 3.63) is 103 Å². The van der Waals surface area contributed by atoms with E-state index in [0.29, 0.717) is 41.3 Å². The molecular weight excluding hydrogens is 518 g/mol. The maximum absolute atomic E-state index is 14.1. The number of nitrogens with zero attached hydrogens (tertiary/aromatic N) is 2. The number of sulfonamides is 1. The Balaban J connectivity index is 1.75. The fourth-order valence-corrected chi connectivity index (χ4v) is 6.45. The highest BCUT2D eigenvalue weighted by Gasteiger charge is 2.37. The number of hydrogen-bond acceptors (Lipinski definition) is 4. The fourth-order valence-electron chi connectivity index (χ4n) is 4.88. The van der Waals surface area contributed by atoms with E-state index in [4.69, 9.17) is 4.74 Å². The van der Waals surface area contributed by atoms with Crippen molar-refractivity contribution in [1.82, 2.24) is 4.31 Å². The van der Waals surface area contributed by atoms with E-state index in [9.17, 15) is 17.2 Å². The molecule has 0 unspecified atom stereocenters. The molecule has 1 atom stereocenters. The van der Waals surface area contributed by atoms with Crippen LogP contribution in [0.15, 0.2) is 95.9 Å². The predicted octanol–water partition coefficient (Wildman–Crippen LogP) is 7.76. The van der Waals surface area contributed by atoms with Gasteiger partial charge in [-0.25, -0.2) is 17.2 Å². The number of unbranched alkanes of at least 4 members (excludes halogenated alkanes) is 1. The van der Waals surface area contributed by atoms with Gasteiger partial charge in [0, 0.05) is 37.0 Å². The van der Waals surface area contributed by atoms with Crippen LogP contribution in [0.25, 0.3) is 11.1 Å². The van der Waals surface area contributed by atoms with Crippen LogP contribution in [0, 0.1) is 11.6 Å². The van der Waals surface area contributed by atoms with Crippen molar-refractivity contribution in [3.8, 4) is 22.6 Å². The molecule has 0 amide bonds. The van der Waals surface area contributed by atoms with E-state index in [2.05, 4.69) is 6.92 Å². The molecule has 1 heterocycles. The third kappa shape index (κ3) is 5.53. The van der Waals surface area contributed by atoms with E-state index in [1.807, 2.05) is 35.2 Å².